The van der Waals surface area contributed by atoms with E-state index in [9.17, 15) is 8.42 Å². The van der Waals surface area contributed by atoms with Gasteiger partial charge in [0.1, 0.15) is 5.69 Å². The molecular formula is C17H13Cl2N5O3S. The molecule has 4 rings (SSSR count). The molecule has 28 heavy (non-hydrogen) atoms. The van der Waals surface area contributed by atoms with Crippen molar-refractivity contribution in [1.29, 1.82) is 0 Å². The fourth-order valence-corrected chi connectivity index (χ4v) is 3.84. The van der Waals surface area contributed by atoms with Gasteiger partial charge in [0.25, 0.3) is 5.89 Å². The van der Waals surface area contributed by atoms with Crippen molar-refractivity contribution in [2.24, 2.45) is 0 Å². The van der Waals surface area contributed by atoms with Gasteiger partial charge >= 0.3 is 0 Å². The minimum Gasteiger partial charge on any atom is -0.332 e. The summed E-state index contributed by atoms with van der Waals surface area (Å²) < 4.78 is 32.1. The van der Waals surface area contributed by atoms with Crippen molar-refractivity contribution in [1.82, 2.24) is 19.5 Å². The molecule has 0 radical (unpaired) electrons. The predicted octanol–water partition coefficient (Wildman–Crippen LogP) is 4.04. The highest BCUT2D eigenvalue weighted by atomic mass is 35.5. The normalized spacial score (nSPS) is 11.9. The number of pyridine rings is 1. The summed E-state index contributed by atoms with van der Waals surface area (Å²) in [5, 5.41) is 4.74. The van der Waals surface area contributed by atoms with E-state index >= 15 is 0 Å². The highest BCUT2D eigenvalue weighted by Gasteiger charge is 2.17. The van der Waals surface area contributed by atoms with Crippen molar-refractivity contribution < 1.29 is 12.9 Å². The second-order valence-corrected chi connectivity index (χ2v) is 8.78. The second kappa shape index (κ2) is 6.77. The lowest BCUT2D eigenvalue weighted by Crippen LogP contribution is -2.09. The Bertz CT molecular complexity index is 1310. The Labute approximate surface area is 170 Å². The summed E-state index contributed by atoms with van der Waals surface area (Å²) >= 11 is 12.5. The highest BCUT2D eigenvalue weighted by Crippen LogP contribution is 2.31. The van der Waals surface area contributed by atoms with Gasteiger partial charge in [-0.1, -0.05) is 28.4 Å². The summed E-state index contributed by atoms with van der Waals surface area (Å²) in [6, 6.07) is 6.46. The molecule has 1 N–H and O–H groups in total. The molecule has 0 aliphatic heterocycles. The average molecular weight is 438 g/mol. The van der Waals surface area contributed by atoms with Crippen molar-refractivity contribution in [2.45, 2.75) is 6.92 Å². The van der Waals surface area contributed by atoms with Crippen molar-refractivity contribution in [2.75, 3.05) is 11.0 Å². The number of rotatable bonds is 4. The molecule has 0 unspecified atom stereocenters. The molecule has 3 heterocycles. The third kappa shape index (κ3) is 3.68. The number of sulfonamides is 1. The molecule has 0 aliphatic rings. The van der Waals surface area contributed by atoms with E-state index < -0.39 is 10.0 Å². The van der Waals surface area contributed by atoms with E-state index in [1.54, 1.807) is 22.7 Å². The quantitative estimate of drug-likeness (QED) is 0.516. The number of fused-ring (bicyclic) bond motifs is 1. The standard InChI is InChI=1S/C17H13Cl2N5O3S/c1-9-5-13(19)16-20-14(8-24(16)7-9)17-21-15(22-27-17)11-4-3-10(6-12(11)18)23-28(2,25)26/h3-8,23H,1-2H3. The van der Waals surface area contributed by atoms with Crippen LogP contribution < -0.4 is 4.72 Å². The van der Waals surface area contributed by atoms with Gasteiger partial charge in [-0.05, 0) is 36.8 Å². The first-order valence-electron chi connectivity index (χ1n) is 7.96. The highest BCUT2D eigenvalue weighted by molar-refractivity contribution is 7.92. The van der Waals surface area contributed by atoms with Crippen LogP contribution >= 0.6 is 23.2 Å². The van der Waals surface area contributed by atoms with E-state index in [0.717, 1.165) is 11.8 Å². The zero-order valence-corrected chi connectivity index (χ0v) is 17.0. The van der Waals surface area contributed by atoms with Gasteiger partial charge in [0.05, 0.1) is 16.3 Å². The zero-order valence-electron chi connectivity index (χ0n) is 14.6. The molecule has 3 aromatic heterocycles. The lowest BCUT2D eigenvalue weighted by molar-refractivity contribution is 0.431. The molecule has 0 saturated carbocycles. The van der Waals surface area contributed by atoms with Crippen LogP contribution in [0.1, 0.15) is 5.56 Å². The summed E-state index contributed by atoms with van der Waals surface area (Å²) in [5.41, 5.74) is 2.87. The Morgan fingerprint density at radius 3 is 2.61 bits per heavy atom. The average Bonchev–Trinajstić information content (AvgIpc) is 3.20. The maximum atomic E-state index is 11.3. The van der Waals surface area contributed by atoms with Gasteiger partial charge in [0.2, 0.25) is 15.8 Å². The van der Waals surface area contributed by atoms with E-state index in [2.05, 4.69) is 19.8 Å². The molecule has 0 bridgehead atoms. The van der Waals surface area contributed by atoms with E-state index in [4.69, 9.17) is 27.7 Å². The van der Waals surface area contributed by atoms with Gasteiger partial charge in [-0.25, -0.2) is 13.4 Å². The minimum atomic E-state index is -3.40. The minimum absolute atomic E-state index is 0.210. The van der Waals surface area contributed by atoms with Crippen LogP contribution in [-0.4, -0.2) is 34.2 Å². The van der Waals surface area contributed by atoms with Gasteiger partial charge in [-0.15, -0.1) is 0 Å². The summed E-state index contributed by atoms with van der Waals surface area (Å²) in [6.07, 6.45) is 4.69. The maximum Gasteiger partial charge on any atom is 0.278 e. The monoisotopic (exact) mass is 437 g/mol. The van der Waals surface area contributed by atoms with Gasteiger partial charge in [-0.2, -0.15) is 4.98 Å². The molecule has 8 nitrogen and oxygen atoms in total. The maximum absolute atomic E-state index is 11.3. The third-order valence-electron chi connectivity index (χ3n) is 3.80. The van der Waals surface area contributed by atoms with Gasteiger partial charge in [0.15, 0.2) is 5.65 Å². The van der Waals surface area contributed by atoms with E-state index in [1.165, 1.54) is 6.07 Å². The largest absolute Gasteiger partial charge is 0.332 e. The van der Waals surface area contributed by atoms with Gasteiger partial charge < -0.3 is 8.92 Å². The van der Waals surface area contributed by atoms with Crippen LogP contribution in [0.5, 0.6) is 0 Å². The summed E-state index contributed by atoms with van der Waals surface area (Å²) in [6.45, 7) is 1.93. The molecule has 0 aliphatic carbocycles. The van der Waals surface area contributed by atoms with Crippen molar-refractivity contribution in [3.8, 4) is 23.0 Å². The van der Waals surface area contributed by atoms with Crippen LogP contribution in [0.15, 0.2) is 41.2 Å². The lowest BCUT2D eigenvalue weighted by Gasteiger charge is -2.05. The molecule has 0 saturated heterocycles. The van der Waals surface area contributed by atoms with Crippen LogP contribution in [0.3, 0.4) is 0 Å². The molecule has 4 aromatic rings. The Hall–Kier alpha value is -2.62. The number of aryl methyl sites for hydroxylation is 1. The predicted molar refractivity (Wildman–Crippen MR) is 107 cm³/mol. The Morgan fingerprint density at radius 2 is 1.89 bits per heavy atom. The number of nitrogens with zero attached hydrogens (tertiary/aromatic N) is 4. The summed E-state index contributed by atoms with van der Waals surface area (Å²) in [4.78, 5) is 8.78. The van der Waals surface area contributed by atoms with E-state index in [0.29, 0.717) is 27.6 Å². The SMILES string of the molecule is Cc1cc(Cl)c2nc(-c3nc(-c4ccc(NS(C)(=O)=O)cc4Cl)no3)cn2c1. The Kier molecular flexibility index (Phi) is 4.53. The van der Waals surface area contributed by atoms with E-state index in [-0.39, 0.29) is 16.7 Å². The lowest BCUT2D eigenvalue weighted by atomic mass is 10.2. The van der Waals surface area contributed by atoms with Crippen LogP contribution in [0.25, 0.3) is 28.6 Å². The first kappa shape index (κ1) is 18.7. The van der Waals surface area contributed by atoms with Crippen LogP contribution in [-0.2, 0) is 10.0 Å². The van der Waals surface area contributed by atoms with Crippen molar-refractivity contribution in [3.05, 3.63) is 52.3 Å². The third-order valence-corrected chi connectivity index (χ3v) is 5.00. The molecule has 144 valence electrons. The number of nitrogens with one attached hydrogen (secondary N) is 1. The Morgan fingerprint density at radius 1 is 1.11 bits per heavy atom. The van der Waals surface area contributed by atoms with Crippen LogP contribution in [0, 0.1) is 6.92 Å². The van der Waals surface area contributed by atoms with Crippen molar-refractivity contribution >= 4 is 44.6 Å². The number of imidazole rings is 1. The second-order valence-electron chi connectivity index (χ2n) is 6.21. The van der Waals surface area contributed by atoms with Gasteiger partial charge in [-0.3, -0.25) is 4.72 Å². The van der Waals surface area contributed by atoms with E-state index in [1.807, 2.05) is 19.2 Å². The first-order valence-corrected chi connectivity index (χ1v) is 10.6. The van der Waals surface area contributed by atoms with Crippen LogP contribution in [0.2, 0.25) is 10.0 Å². The fraction of sp³-hybridized carbons (Fsp3) is 0.118. The number of aromatic nitrogens is 4. The first-order chi connectivity index (χ1) is 13.2. The number of anilines is 1. The molecule has 0 atom stereocenters. The topological polar surface area (TPSA) is 102 Å². The molecule has 0 spiro atoms. The molecule has 1 aromatic carbocycles. The number of hydrogen-bond donors (Lipinski definition) is 1. The van der Waals surface area contributed by atoms with Gasteiger partial charge in [0, 0.05) is 23.6 Å². The molecule has 0 fully saturated rings. The fourth-order valence-electron chi connectivity index (χ4n) is 2.70. The summed E-state index contributed by atoms with van der Waals surface area (Å²) in [5.74, 6) is 0.465. The molecule has 11 heteroatoms. The molecular weight excluding hydrogens is 425 g/mol. The number of hydrogen-bond acceptors (Lipinski definition) is 6. The molecule has 0 amide bonds. The van der Waals surface area contributed by atoms with Crippen LogP contribution in [0.4, 0.5) is 5.69 Å². The summed E-state index contributed by atoms with van der Waals surface area (Å²) in [7, 11) is -3.40. The Balaban J connectivity index is 1.69. The zero-order chi connectivity index (χ0) is 20.1. The number of halogens is 2. The van der Waals surface area contributed by atoms with Crippen molar-refractivity contribution in [3.63, 3.8) is 0 Å². The number of benzene rings is 1. The smallest absolute Gasteiger partial charge is 0.278 e.